The van der Waals surface area contributed by atoms with Gasteiger partial charge in [0.2, 0.25) is 5.75 Å². The van der Waals surface area contributed by atoms with Gasteiger partial charge in [-0.3, -0.25) is 4.72 Å². The zero-order chi connectivity index (χ0) is 24.2. The second kappa shape index (κ2) is 9.70. The van der Waals surface area contributed by atoms with Gasteiger partial charge in [-0.15, -0.1) is 0 Å². The number of ether oxygens (including phenoxy) is 3. The number of hydrogen-bond donors (Lipinski definition) is 3. The van der Waals surface area contributed by atoms with Gasteiger partial charge in [-0.1, -0.05) is 18.2 Å². The van der Waals surface area contributed by atoms with Crippen LogP contribution in [0, 0.1) is 5.82 Å². The number of sulfonamides is 1. The minimum atomic E-state index is -4.26. The zero-order valence-electron chi connectivity index (χ0n) is 18.0. The zero-order valence-corrected chi connectivity index (χ0v) is 18.8. The summed E-state index contributed by atoms with van der Waals surface area (Å²) in [6.45, 7) is 0. The lowest BCUT2D eigenvalue weighted by Gasteiger charge is -2.14. The predicted molar refractivity (Wildman–Crippen MR) is 122 cm³/mol. The molecule has 0 heterocycles. The topological polar surface area (TPSA) is 114 Å². The van der Waals surface area contributed by atoms with E-state index in [1.165, 1.54) is 51.7 Å². The average molecular weight is 475 g/mol. The second-order valence-electron chi connectivity index (χ2n) is 6.75. The average Bonchev–Trinajstić information content (AvgIpc) is 2.80. The Morgan fingerprint density at radius 2 is 1.58 bits per heavy atom. The van der Waals surface area contributed by atoms with Gasteiger partial charge in [0.05, 0.1) is 26.2 Å². The number of phenolic OH excluding ortho intramolecular Hbond substituents is 2. The Morgan fingerprint density at radius 3 is 2.15 bits per heavy atom. The van der Waals surface area contributed by atoms with Gasteiger partial charge in [0.1, 0.15) is 11.5 Å². The summed E-state index contributed by atoms with van der Waals surface area (Å²) in [5.41, 5.74) is 0.581. The van der Waals surface area contributed by atoms with Crippen molar-refractivity contribution in [2.45, 2.75) is 4.90 Å². The van der Waals surface area contributed by atoms with E-state index in [0.29, 0.717) is 22.8 Å². The van der Waals surface area contributed by atoms with Gasteiger partial charge in [0, 0.05) is 5.56 Å². The number of nitrogens with one attached hydrogen (secondary N) is 1. The molecule has 0 fully saturated rings. The van der Waals surface area contributed by atoms with Crippen LogP contribution < -0.4 is 18.9 Å². The van der Waals surface area contributed by atoms with Gasteiger partial charge in [-0.2, -0.15) is 0 Å². The Hall–Kier alpha value is -3.92. The number of aromatic hydroxyl groups is 2. The first-order chi connectivity index (χ1) is 15.7. The Kier molecular flexibility index (Phi) is 6.98. The molecule has 3 aromatic carbocycles. The van der Waals surface area contributed by atoms with Crippen molar-refractivity contribution in [3.63, 3.8) is 0 Å². The molecule has 3 rings (SSSR count). The molecule has 174 valence electrons. The van der Waals surface area contributed by atoms with Gasteiger partial charge >= 0.3 is 0 Å². The minimum Gasteiger partial charge on any atom is -0.504 e. The van der Waals surface area contributed by atoms with E-state index < -0.39 is 27.3 Å². The molecule has 0 atom stereocenters. The highest BCUT2D eigenvalue weighted by molar-refractivity contribution is 7.92. The number of anilines is 1. The largest absolute Gasteiger partial charge is 0.504 e. The van der Waals surface area contributed by atoms with Gasteiger partial charge < -0.3 is 24.4 Å². The van der Waals surface area contributed by atoms with E-state index in [-0.39, 0.29) is 16.1 Å². The van der Waals surface area contributed by atoms with Crippen molar-refractivity contribution in [3.8, 4) is 28.7 Å². The molecule has 8 nitrogen and oxygen atoms in total. The number of hydrogen-bond acceptors (Lipinski definition) is 7. The molecule has 10 heteroatoms. The molecule has 0 saturated heterocycles. The highest BCUT2D eigenvalue weighted by Gasteiger charge is 2.20. The first kappa shape index (κ1) is 23.7. The van der Waals surface area contributed by atoms with Crippen molar-refractivity contribution in [1.82, 2.24) is 0 Å². The summed E-state index contributed by atoms with van der Waals surface area (Å²) in [5.74, 6) is -0.712. The molecule has 3 aromatic rings. The fourth-order valence-electron chi connectivity index (χ4n) is 3.05. The Morgan fingerprint density at radius 1 is 0.909 bits per heavy atom. The van der Waals surface area contributed by atoms with Crippen LogP contribution in [0.15, 0.2) is 53.4 Å². The third-order valence-electron chi connectivity index (χ3n) is 4.67. The third-order valence-corrected chi connectivity index (χ3v) is 6.02. The van der Waals surface area contributed by atoms with Crippen molar-refractivity contribution in [2.75, 3.05) is 26.1 Å². The normalized spacial score (nSPS) is 11.4. The third kappa shape index (κ3) is 5.12. The number of phenols is 2. The monoisotopic (exact) mass is 475 g/mol. The van der Waals surface area contributed by atoms with Gasteiger partial charge in [0.15, 0.2) is 23.0 Å². The maximum atomic E-state index is 13.5. The number of benzene rings is 3. The van der Waals surface area contributed by atoms with Crippen LogP contribution in [0.2, 0.25) is 0 Å². The van der Waals surface area contributed by atoms with E-state index in [9.17, 15) is 23.0 Å². The molecule has 0 aliphatic rings. The smallest absolute Gasteiger partial charge is 0.262 e. The molecule has 0 aliphatic heterocycles. The number of rotatable bonds is 8. The molecule has 33 heavy (non-hydrogen) atoms. The molecule has 0 spiro atoms. The highest BCUT2D eigenvalue weighted by Crippen LogP contribution is 2.40. The Balaban J connectivity index is 2.04. The fourth-order valence-corrected chi connectivity index (χ4v) is 4.18. The van der Waals surface area contributed by atoms with Gasteiger partial charge in [0.25, 0.3) is 10.0 Å². The van der Waals surface area contributed by atoms with Crippen molar-refractivity contribution in [1.29, 1.82) is 0 Å². The highest BCUT2D eigenvalue weighted by atomic mass is 32.2. The molecule has 0 aliphatic carbocycles. The SMILES string of the molecule is COc1cc(/C=C\c2ccc(O)c(O)c2NS(=O)(=O)c2cccc(F)c2)cc(OC)c1OC. The summed E-state index contributed by atoms with van der Waals surface area (Å²) in [5, 5.41) is 20.2. The van der Waals surface area contributed by atoms with Crippen LogP contribution in [-0.4, -0.2) is 40.0 Å². The van der Waals surface area contributed by atoms with Crippen molar-refractivity contribution in [3.05, 3.63) is 65.5 Å². The van der Waals surface area contributed by atoms with Crippen molar-refractivity contribution >= 4 is 27.9 Å². The maximum absolute atomic E-state index is 13.5. The van der Waals surface area contributed by atoms with Crippen LogP contribution in [0.5, 0.6) is 28.7 Å². The number of methoxy groups -OCH3 is 3. The van der Waals surface area contributed by atoms with Crippen LogP contribution >= 0.6 is 0 Å². The number of halogens is 1. The Labute approximate surface area is 190 Å². The van der Waals surface area contributed by atoms with Crippen molar-refractivity contribution < 1.29 is 37.2 Å². The molecular weight excluding hydrogens is 453 g/mol. The first-order valence-electron chi connectivity index (χ1n) is 9.51. The fraction of sp³-hybridized carbons (Fsp3) is 0.130. The minimum absolute atomic E-state index is 0.235. The lowest BCUT2D eigenvalue weighted by Crippen LogP contribution is -2.14. The van der Waals surface area contributed by atoms with Crippen molar-refractivity contribution in [2.24, 2.45) is 0 Å². The van der Waals surface area contributed by atoms with E-state index in [1.807, 2.05) is 0 Å². The molecule has 0 aromatic heterocycles. The van der Waals surface area contributed by atoms with Gasteiger partial charge in [-0.25, -0.2) is 12.8 Å². The van der Waals surface area contributed by atoms with Crippen LogP contribution in [0.25, 0.3) is 12.2 Å². The van der Waals surface area contributed by atoms with Gasteiger partial charge in [-0.05, 0) is 48.0 Å². The molecule has 0 amide bonds. The van der Waals surface area contributed by atoms with E-state index in [4.69, 9.17) is 14.2 Å². The van der Waals surface area contributed by atoms with E-state index in [2.05, 4.69) is 4.72 Å². The standard InChI is InChI=1S/C23H22FNO7S/c1-30-19-11-14(12-20(31-2)23(19)32-3)7-8-15-9-10-18(26)22(27)21(15)25-33(28,29)17-6-4-5-16(24)13-17/h4-13,25-27H,1-3H3/b8-7-. The van der Waals surface area contributed by atoms with E-state index in [0.717, 1.165) is 12.1 Å². The van der Waals surface area contributed by atoms with Crippen LogP contribution in [0.4, 0.5) is 10.1 Å². The molecule has 0 saturated carbocycles. The second-order valence-corrected chi connectivity index (χ2v) is 8.43. The summed E-state index contributed by atoms with van der Waals surface area (Å²) >= 11 is 0. The van der Waals surface area contributed by atoms with Crippen LogP contribution in [-0.2, 0) is 10.0 Å². The summed E-state index contributed by atoms with van der Waals surface area (Å²) in [6.07, 6.45) is 3.14. The predicted octanol–water partition coefficient (Wildman–Crippen LogP) is 4.23. The van der Waals surface area contributed by atoms with E-state index in [1.54, 1.807) is 18.2 Å². The molecule has 0 bridgehead atoms. The van der Waals surface area contributed by atoms with Crippen LogP contribution in [0.3, 0.4) is 0 Å². The lowest BCUT2D eigenvalue weighted by atomic mass is 10.1. The first-order valence-corrected chi connectivity index (χ1v) is 11.0. The summed E-state index contributed by atoms with van der Waals surface area (Å²) in [7, 11) is 0.164. The quantitative estimate of drug-likeness (QED) is 0.330. The van der Waals surface area contributed by atoms with Crippen LogP contribution in [0.1, 0.15) is 11.1 Å². The Bertz CT molecular complexity index is 1280. The van der Waals surface area contributed by atoms with E-state index >= 15 is 0 Å². The summed E-state index contributed by atoms with van der Waals surface area (Å²) in [4.78, 5) is -0.343. The lowest BCUT2D eigenvalue weighted by molar-refractivity contribution is 0.324. The maximum Gasteiger partial charge on any atom is 0.262 e. The molecule has 3 N–H and O–H groups in total. The molecule has 0 unspecified atom stereocenters. The summed E-state index contributed by atoms with van der Waals surface area (Å²) < 4.78 is 57.1. The summed E-state index contributed by atoms with van der Waals surface area (Å²) in [6, 6.07) is 10.4. The molecule has 0 radical (unpaired) electrons. The molecular formula is C23H22FNO7S.